The van der Waals surface area contributed by atoms with E-state index in [1.807, 2.05) is 266 Å². The van der Waals surface area contributed by atoms with Gasteiger partial charge in [-0.3, -0.25) is 18.8 Å². The molecule has 0 aliphatic rings. The third-order valence-corrected chi connectivity index (χ3v) is 12.4. The van der Waals surface area contributed by atoms with Gasteiger partial charge in [0.1, 0.15) is 17.4 Å². The van der Waals surface area contributed by atoms with Crippen LogP contribution in [0.25, 0.3) is 63.9 Å². The number of rotatable bonds is 0. The van der Waals surface area contributed by atoms with E-state index in [9.17, 15) is 0 Å². The molecule has 16 aromatic rings. The fourth-order valence-electron chi connectivity index (χ4n) is 6.21. The lowest BCUT2D eigenvalue weighted by Crippen LogP contribution is -1.78. The first-order chi connectivity index (χ1) is 45.3. The van der Waals surface area contributed by atoms with E-state index in [1.165, 1.54) is 45.2 Å². The normalized spacial score (nSPS) is 8.55. The second-order valence-corrected chi connectivity index (χ2v) is 17.6. The van der Waals surface area contributed by atoms with Gasteiger partial charge in [0.25, 0.3) is 0 Å². The fraction of sp³-hybridized carbons (Fsp3) is 0.254. The molecule has 91 heavy (non-hydrogen) atoms. The Hall–Kier alpha value is -9.21. The van der Waals surface area contributed by atoms with Crippen molar-refractivity contribution in [2.45, 2.75) is 125 Å². The average Bonchev–Trinajstić information content (AvgIpc) is 4.16. The van der Waals surface area contributed by atoms with Crippen molar-refractivity contribution in [3.63, 3.8) is 0 Å². The number of fused-ring (bicyclic) bond motifs is 7. The summed E-state index contributed by atoms with van der Waals surface area (Å²) in [6, 6.07) is 46.3. The van der Waals surface area contributed by atoms with Gasteiger partial charge in [-0.25, -0.2) is 24.9 Å². The molecule has 486 valence electrons. The lowest BCUT2D eigenvalue weighted by molar-refractivity contribution is 0.616. The molecule has 0 aliphatic heterocycles. The van der Waals surface area contributed by atoms with Crippen molar-refractivity contribution in [3.05, 3.63) is 248 Å². The van der Waals surface area contributed by atoms with E-state index in [2.05, 4.69) is 119 Å². The van der Waals surface area contributed by atoms with Crippen LogP contribution in [0.1, 0.15) is 125 Å². The number of para-hydroxylation sites is 4. The first-order valence-corrected chi connectivity index (χ1v) is 34.5. The minimum Gasteiger partial charge on any atom is -0.464 e. The van der Waals surface area contributed by atoms with Crippen LogP contribution in [0.15, 0.2) is 253 Å². The zero-order valence-corrected chi connectivity index (χ0v) is 59.8. The maximum absolute atomic E-state index is 5.12. The van der Waals surface area contributed by atoms with Crippen LogP contribution in [0.4, 0.5) is 0 Å². The number of hydrogen-bond donors (Lipinski definition) is 2. The summed E-state index contributed by atoms with van der Waals surface area (Å²) >= 11 is 6.43. The SMILES string of the molecule is CC.CC.CC.CC.CC.CC.CC.CC.CC.c1ccc2[nH]ccc2c1.c1ccc2nccnc2c1.c1ccc2occc2c1.c1ccc2sccc2c1.c1cn2ccsc2n1.c1cn2ccsc2n1.c1cnc2ncccc2c1.c1ncsn1.c1nn[nH]n1. The first-order valence-electron chi connectivity index (χ1n) is 31.0. The van der Waals surface area contributed by atoms with E-state index < -0.39 is 0 Å². The predicted molar refractivity (Wildman–Crippen MR) is 398 cm³/mol. The molecule has 0 spiro atoms. The van der Waals surface area contributed by atoms with Gasteiger partial charge in [0.2, 0.25) is 0 Å². The molecule has 16 nitrogen and oxygen atoms in total. The van der Waals surface area contributed by atoms with Crippen molar-refractivity contribution in [2.75, 3.05) is 0 Å². The quantitative estimate of drug-likeness (QED) is 0.146. The van der Waals surface area contributed by atoms with Crippen LogP contribution in [-0.2, 0) is 0 Å². The number of H-pyrrole nitrogens is 2. The largest absolute Gasteiger partial charge is 0.464 e. The Morgan fingerprint density at radius 2 is 0.923 bits per heavy atom. The topological polar surface area (TPSA) is 195 Å². The summed E-state index contributed by atoms with van der Waals surface area (Å²) in [5.74, 6) is 0. The Labute approximate surface area is 556 Å². The molecule has 0 saturated carbocycles. The van der Waals surface area contributed by atoms with Crippen LogP contribution in [-0.4, -0.2) is 73.7 Å². The van der Waals surface area contributed by atoms with E-state index in [-0.39, 0.29) is 0 Å². The Morgan fingerprint density at radius 3 is 1.37 bits per heavy atom. The summed E-state index contributed by atoms with van der Waals surface area (Å²) in [4.78, 5) is 33.4. The van der Waals surface area contributed by atoms with Crippen LogP contribution in [0.5, 0.6) is 0 Å². The van der Waals surface area contributed by atoms with Gasteiger partial charge in [-0.2, -0.15) is 9.59 Å². The summed E-state index contributed by atoms with van der Waals surface area (Å²) in [7, 11) is 0. The lowest BCUT2D eigenvalue weighted by atomic mass is 10.3. The minimum atomic E-state index is 0.810. The highest BCUT2D eigenvalue weighted by Gasteiger charge is 1.93. The van der Waals surface area contributed by atoms with Crippen LogP contribution in [0.2, 0.25) is 0 Å². The smallest absolute Gasteiger partial charge is 0.193 e. The first kappa shape index (κ1) is 83.9. The molecule has 0 unspecified atom stereocenters. The average molecular weight is 1300 g/mol. The lowest BCUT2D eigenvalue weighted by Gasteiger charge is -1.90. The fourth-order valence-corrected chi connectivity index (χ4v) is 8.63. The Bertz CT molecular complexity index is 3290. The Balaban J connectivity index is 0. The number of imidazole rings is 2. The molecular formula is C71H97N15OS4. The van der Waals surface area contributed by atoms with Crippen LogP contribution < -0.4 is 0 Å². The molecule has 0 bridgehead atoms. The number of pyridine rings is 2. The molecule has 0 radical (unpaired) electrons. The minimum absolute atomic E-state index is 0.810. The van der Waals surface area contributed by atoms with Gasteiger partial charge in [0, 0.05) is 99.9 Å². The predicted octanol–water partition coefficient (Wildman–Crippen LogP) is 22.5. The second-order valence-electron chi connectivity index (χ2n) is 14.3. The van der Waals surface area contributed by atoms with E-state index in [1.54, 1.807) is 83.0 Å². The van der Waals surface area contributed by atoms with Crippen molar-refractivity contribution < 1.29 is 4.42 Å². The highest BCUT2D eigenvalue weighted by molar-refractivity contribution is 7.17. The van der Waals surface area contributed by atoms with Crippen molar-refractivity contribution in [1.29, 1.82) is 0 Å². The summed E-state index contributed by atoms with van der Waals surface area (Å²) in [5, 5.41) is 23.2. The summed E-state index contributed by atoms with van der Waals surface area (Å²) < 4.78 is 14.1. The van der Waals surface area contributed by atoms with E-state index in [0.717, 1.165) is 43.0 Å². The number of nitrogens with zero attached hydrogens (tertiary/aromatic N) is 13. The van der Waals surface area contributed by atoms with Crippen LogP contribution in [0, 0.1) is 0 Å². The number of thiophene rings is 1. The number of benzene rings is 4. The molecule has 0 fully saturated rings. The van der Waals surface area contributed by atoms with Crippen molar-refractivity contribution in [3.8, 4) is 0 Å². The van der Waals surface area contributed by atoms with E-state index >= 15 is 0 Å². The number of thiazole rings is 2. The summed E-state index contributed by atoms with van der Waals surface area (Å²) in [5.41, 5.74) is 6.55. The molecule has 16 rings (SSSR count). The van der Waals surface area contributed by atoms with Gasteiger partial charge in [0.15, 0.2) is 21.9 Å². The number of furan rings is 1. The molecule has 0 saturated heterocycles. The van der Waals surface area contributed by atoms with Gasteiger partial charge < -0.3 is 9.40 Å². The van der Waals surface area contributed by atoms with Gasteiger partial charge in [-0.15, -0.1) is 44.2 Å². The molecule has 20 heteroatoms. The third kappa shape index (κ3) is 35.0. The van der Waals surface area contributed by atoms with Crippen molar-refractivity contribution >= 4 is 109 Å². The standard InChI is InChI=1S/2C8H6N2.C8H7N.C8H6O.C8H6S.2C5H4N2S.C2H2N2S.9C2H6.CH2N4/c1-3-7-4-2-6-10-8(7)9-5-1;1-2-4-8-7(3-1)9-5-6-10-8;3*1-2-4-8-7(3-1)5-6-9-8;2*1-2-7-3-4-8-5(7)6-1;1-3-2-5-4-1;9*1-2;1-2-4-5-3-1/h2*1-6H;1-6,9H;2*1-6H;2*1-4H;1-2H;9*1-2H3;1H,(H,2,3,4,5). The molecule has 4 aromatic carbocycles. The highest BCUT2D eigenvalue weighted by Crippen LogP contribution is 2.19. The molecule has 0 aliphatic carbocycles. The zero-order valence-electron chi connectivity index (χ0n) is 56.5. The number of aromatic nitrogens is 15. The van der Waals surface area contributed by atoms with Crippen molar-refractivity contribution in [2.24, 2.45) is 0 Å². The van der Waals surface area contributed by atoms with Crippen molar-refractivity contribution in [1.82, 2.24) is 73.7 Å². The highest BCUT2D eigenvalue weighted by atomic mass is 32.1. The molecule has 0 amide bonds. The monoisotopic (exact) mass is 1300 g/mol. The Morgan fingerprint density at radius 1 is 0.407 bits per heavy atom. The van der Waals surface area contributed by atoms with Gasteiger partial charge >= 0.3 is 0 Å². The van der Waals surface area contributed by atoms with E-state index in [0.29, 0.717) is 0 Å². The molecule has 2 N–H and O–H groups in total. The molecule has 12 aromatic heterocycles. The molecular weight excluding hydrogens is 1210 g/mol. The molecule has 0 atom stereocenters. The number of hydrogen-bond acceptors (Lipinski definition) is 16. The number of aromatic amines is 2. The van der Waals surface area contributed by atoms with E-state index in [4.69, 9.17) is 4.42 Å². The summed E-state index contributed by atoms with van der Waals surface area (Å²) in [6.45, 7) is 36.0. The number of nitrogens with one attached hydrogen (secondary N) is 2. The van der Waals surface area contributed by atoms with Crippen LogP contribution in [0.3, 0.4) is 0 Å². The zero-order chi connectivity index (χ0) is 67.8. The number of tetrazole rings is 1. The second kappa shape index (κ2) is 61.0. The van der Waals surface area contributed by atoms with Gasteiger partial charge in [0.05, 0.1) is 17.3 Å². The maximum Gasteiger partial charge on any atom is 0.193 e. The van der Waals surface area contributed by atoms with Crippen LogP contribution >= 0.6 is 45.5 Å². The summed E-state index contributed by atoms with van der Waals surface area (Å²) in [6.07, 6.45) is 24.8. The third-order valence-electron chi connectivity index (χ3n) is 9.55. The molecule has 12 heterocycles. The Kier molecular flexibility index (Phi) is 56.3. The maximum atomic E-state index is 5.12. The van der Waals surface area contributed by atoms with Gasteiger partial charge in [-0.1, -0.05) is 197 Å². The van der Waals surface area contributed by atoms with Gasteiger partial charge in [-0.05, 0) is 100 Å².